The standard InChI is InChI=1S/C17H19F2NO3/c18-14-6-3-7-15(19)13(14)9-20(10-4-1-2-5-10)16(21)11-8-12(11)17(22)23/h3,6-7,10-12H,1-2,4-5,8-9H2,(H,22,23). The van der Waals surface area contributed by atoms with Crippen LogP contribution in [0, 0.1) is 23.5 Å². The Morgan fingerprint density at radius 3 is 2.26 bits per heavy atom. The first-order valence-corrected chi connectivity index (χ1v) is 7.95. The Hall–Kier alpha value is -1.98. The van der Waals surface area contributed by atoms with Gasteiger partial charge in [-0.2, -0.15) is 0 Å². The number of carboxylic acid groups (broad SMARTS) is 1. The lowest BCUT2D eigenvalue weighted by atomic mass is 10.1. The maximum Gasteiger partial charge on any atom is 0.307 e. The molecule has 1 aromatic rings. The van der Waals surface area contributed by atoms with Crippen LogP contribution in [0.2, 0.25) is 0 Å². The number of amides is 1. The summed E-state index contributed by atoms with van der Waals surface area (Å²) in [4.78, 5) is 25.2. The molecule has 0 radical (unpaired) electrons. The van der Waals surface area contributed by atoms with E-state index in [1.807, 2.05) is 0 Å². The van der Waals surface area contributed by atoms with Crippen molar-refractivity contribution >= 4 is 11.9 Å². The number of aliphatic carboxylic acids is 1. The van der Waals surface area contributed by atoms with Gasteiger partial charge in [0.25, 0.3) is 0 Å². The van der Waals surface area contributed by atoms with Gasteiger partial charge in [-0.25, -0.2) is 8.78 Å². The van der Waals surface area contributed by atoms with Gasteiger partial charge in [-0.05, 0) is 31.4 Å². The van der Waals surface area contributed by atoms with Gasteiger partial charge in [0, 0.05) is 11.6 Å². The molecule has 0 bridgehead atoms. The van der Waals surface area contributed by atoms with Gasteiger partial charge in [-0.3, -0.25) is 9.59 Å². The molecule has 1 amide bonds. The zero-order chi connectivity index (χ0) is 16.6. The predicted octanol–water partition coefficient (Wildman–Crippen LogP) is 2.96. The van der Waals surface area contributed by atoms with Crippen molar-refractivity contribution in [2.24, 2.45) is 11.8 Å². The van der Waals surface area contributed by atoms with Gasteiger partial charge in [0.15, 0.2) is 0 Å². The van der Waals surface area contributed by atoms with E-state index in [2.05, 4.69) is 0 Å². The zero-order valence-corrected chi connectivity index (χ0v) is 12.7. The first-order valence-electron chi connectivity index (χ1n) is 7.95. The largest absolute Gasteiger partial charge is 0.481 e. The second-order valence-electron chi connectivity index (χ2n) is 6.39. The summed E-state index contributed by atoms with van der Waals surface area (Å²) in [6, 6.07) is 3.58. The lowest BCUT2D eigenvalue weighted by Crippen LogP contribution is -2.40. The Balaban J connectivity index is 1.82. The Bertz CT molecular complexity index is 608. The molecule has 4 nitrogen and oxygen atoms in total. The molecule has 124 valence electrons. The van der Waals surface area contributed by atoms with E-state index in [0.29, 0.717) is 6.42 Å². The Morgan fingerprint density at radius 2 is 1.74 bits per heavy atom. The molecule has 0 saturated heterocycles. The average molecular weight is 323 g/mol. The maximum absolute atomic E-state index is 13.9. The molecule has 2 aliphatic rings. The second-order valence-corrected chi connectivity index (χ2v) is 6.39. The number of carboxylic acids is 1. The molecule has 2 fully saturated rings. The monoisotopic (exact) mass is 323 g/mol. The molecule has 2 saturated carbocycles. The van der Waals surface area contributed by atoms with E-state index in [0.717, 1.165) is 25.7 Å². The van der Waals surface area contributed by atoms with Crippen molar-refractivity contribution < 1.29 is 23.5 Å². The molecule has 2 unspecified atom stereocenters. The van der Waals surface area contributed by atoms with E-state index in [1.54, 1.807) is 0 Å². The van der Waals surface area contributed by atoms with Gasteiger partial charge in [-0.15, -0.1) is 0 Å². The summed E-state index contributed by atoms with van der Waals surface area (Å²) < 4.78 is 27.8. The van der Waals surface area contributed by atoms with Crippen LogP contribution in [0.15, 0.2) is 18.2 Å². The van der Waals surface area contributed by atoms with Gasteiger partial charge in [0.2, 0.25) is 5.91 Å². The third kappa shape index (κ3) is 3.21. The number of carbonyl (C=O) groups is 2. The van der Waals surface area contributed by atoms with Crippen LogP contribution in [0.4, 0.5) is 8.78 Å². The van der Waals surface area contributed by atoms with E-state index >= 15 is 0 Å². The number of carbonyl (C=O) groups excluding carboxylic acids is 1. The Labute approximate surface area is 133 Å². The molecular formula is C17H19F2NO3. The Morgan fingerprint density at radius 1 is 1.13 bits per heavy atom. The molecule has 1 N–H and O–H groups in total. The minimum Gasteiger partial charge on any atom is -0.481 e. The average Bonchev–Trinajstić information content (AvgIpc) is 3.14. The van der Waals surface area contributed by atoms with Gasteiger partial charge >= 0.3 is 5.97 Å². The first kappa shape index (κ1) is 15.9. The van der Waals surface area contributed by atoms with Crippen molar-refractivity contribution in [3.05, 3.63) is 35.4 Å². The first-order chi connectivity index (χ1) is 11.0. The van der Waals surface area contributed by atoms with Crippen molar-refractivity contribution in [3.63, 3.8) is 0 Å². The van der Waals surface area contributed by atoms with E-state index in [9.17, 15) is 18.4 Å². The fourth-order valence-corrected chi connectivity index (χ4v) is 3.41. The SMILES string of the molecule is O=C(O)C1CC1C(=O)N(Cc1c(F)cccc1F)C1CCCC1. The second kappa shape index (κ2) is 6.26. The van der Waals surface area contributed by atoms with Crippen molar-refractivity contribution in [1.29, 1.82) is 0 Å². The summed E-state index contributed by atoms with van der Waals surface area (Å²) in [5, 5.41) is 9.01. The van der Waals surface area contributed by atoms with Crippen LogP contribution in [0.25, 0.3) is 0 Å². The van der Waals surface area contributed by atoms with Crippen LogP contribution in [-0.2, 0) is 16.1 Å². The number of hydrogen-bond acceptors (Lipinski definition) is 2. The van der Waals surface area contributed by atoms with E-state index < -0.39 is 29.4 Å². The van der Waals surface area contributed by atoms with Crippen LogP contribution in [0.5, 0.6) is 0 Å². The molecule has 0 aliphatic heterocycles. The highest BCUT2D eigenvalue weighted by Gasteiger charge is 2.50. The molecule has 2 aliphatic carbocycles. The minimum atomic E-state index is -0.980. The summed E-state index contributed by atoms with van der Waals surface area (Å²) in [5.41, 5.74) is -0.125. The highest BCUT2D eigenvalue weighted by Crippen LogP contribution is 2.42. The lowest BCUT2D eigenvalue weighted by molar-refractivity contribution is -0.143. The van der Waals surface area contributed by atoms with Crippen molar-refractivity contribution in [2.75, 3.05) is 0 Å². The third-order valence-corrected chi connectivity index (χ3v) is 4.86. The minimum absolute atomic E-state index is 0.0587. The molecule has 3 rings (SSSR count). The third-order valence-electron chi connectivity index (χ3n) is 4.86. The summed E-state index contributed by atoms with van der Waals surface area (Å²) in [5.74, 6) is -3.82. The topological polar surface area (TPSA) is 57.6 Å². The van der Waals surface area contributed by atoms with Crippen LogP contribution in [-0.4, -0.2) is 27.9 Å². The number of halogens is 2. The smallest absolute Gasteiger partial charge is 0.307 e. The van der Waals surface area contributed by atoms with Gasteiger partial charge < -0.3 is 10.0 Å². The summed E-state index contributed by atoms with van der Waals surface area (Å²) in [7, 11) is 0. The molecule has 0 spiro atoms. The molecular weight excluding hydrogens is 304 g/mol. The van der Waals surface area contributed by atoms with Gasteiger partial charge in [0.1, 0.15) is 11.6 Å². The molecule has 6 heteroatoms. The lowest BCUT2D eigenvalue weighted by Gasteiger charge is -2.29. The van der Waals surface area contributed by atoms with Crippen molar-refractivity contribution in [1.82, 2.24) is 4.90 Å². The number of benzene rings is 1. The van der Waals surface area contributed by atoms with E-state index in [1.165, 1.54) is 23.1 Å². The Kier molecular flexibility index (Phi) is 4.33. The molecule has 23 heavy (non-hydrogen) atoms. The zero-order valence-electron chi connectivity index (χ0n) is 12.7. The maximum atomic E-state index is 13.9. The molecule has 1 aromatic carbocycles. The highest BCUT2D eigenvalue weighted by molar-refractivity contribution is 5.89. The summed E-state index contributed by atoms with van der Waals surface area (Å²) in [6.45, 7) is -0.134. The number of rotatable bonds is 5. The normalized spacial score (nSPS) is 23.7. The van der Waals surface area contributed by atoms with E-state index in [4.69, 9.17) is 5.11 Å². The molecule has 0 aromatic heterocycles. The van der Waals surface area contributed by atoms with Crippen LogP contribution < -0.4 is 0 Å². The van der Waals surface area contributed by atoms with Gasteiger partial charge in [-0.1, -0.05) is 18.9 Å². The van der Waals surface area contributed by atoms with E-state index in [-0.39, 0.29) is 24.1 Å². The predicted molar refractivity (Wildman–Crippen MR) is 78.4 cm³/mol. The highest BCUT2D eigenvalue weighted by atomic mass is 19.1. The van der Waals surface area contributed by atoms with Crippen molar-refractivity contribution in [2.45, 2.75) is 44.7 Å². The fourth-order valence-electron chi connectivity index (χ4n) is 3.41. The summed E-state index contributed by atoms with van der Waals surface area (Å²) >= 11 is 0. The number of nitrogens with zero attached hydrogens (tertiary/aromatic N) is 1. The fraction of sp³-hybridized carbons (Fsp3) is 0.529. The van der Waals surface area contributed by atoms with Crippen LogP contribution in [0.1, 0.15) is 37.7 Å². The summed E-state index contributed by atoms with van der Waals surface area (Å²) in [6.07, 6.45) is 3.86. The van der Waals surface area contributed by atoms with Crippen molar-refractivity contribution in [3.8, 4) is 0 Å². The van der Waals surface area contributed by atoms with Crippen LogP contribution >= 0.6 is 0 Å². The molecule has 0 heterocycles. The quantitative estimate of drug-likeness (QED) is 0.906. The van der Waals surface area contributed by atoms with Crippen LogP contribution in [0.3, 0.4) is 0 Å². The molecule has 2 atom stereocenters. The number of hydrogen-bond donors (Lipinski definition) is 1. The van der Waals surface area contributed by atoms with Gasteiger partial charge in [0.05, 0.1) is 18.4 Å².